The molecule has 0 spiro atoms. The predicted molar refractivity (Wildman–Crippen MR) is 82.8 cm³/mol. The van der Waals surface area contributed by atoms with Crippen LogP contribution in [0.1, 0.15) is 53.4 Å². The first-order valence-electron chi connectivity index (χ1n) is 7.96. The molecule has 6 heteroatoms. The molecule has 0 aromatic carbocycles. The zero-order chi connectivity index (χ0) is 16.8. The molecule has 0 radical (unpaired) electrons. The van der Waals surface area contributed by atoms with E-state index in [0.717, 1.165) is 12.8 Å². The van der Waals surface area contributed by atoms with Gasteiger partial charge in [0.2, 0.25) is 0 Å². The second-order valence-electron chi connectivity index (χ2n) is 7.12. The molecule has 2 atom stereocenters. The van der Waals surface area contributed by atoms with Crippen molar-refractivity contribution < 1.29 is 24.2 Å². The number of hydrogen-bond donors (Lipinski definition) is 2. The molecule has 0 aromatic heterocycles. The molecule has 128 valence electrons. The van der Waals surface area contributed by atoms with Gasteiger partial charge in [-0.2, -0.15) is 0 Å². The van der Waals surface area contributed by atoms with Crippen molar-refractivity contribution in [3.8, 4) is 0 Å². The summed E-state index contributed by atoms with van der Waals surface area (Å²) in [4.78, 5) is 23.7. The summed E-state index contributed by atoms with van der Waals surface area (Å²) in [5, 5.41) is 12.4. The van der Waals surface area contributed by atoms with Crippen LogP contribution in [-0.4, -0.2) is 42.5 Å². The Balaban J connectivity index is 2.71. The average Bonchev–Trinajstić information content (AvgIpc) is 2.86. The molecule has 22 heavy (non-hydrogen) atoms. The fourth-order valence-electron chi connectivity index (χ4n) is 2.86. The van der Waals surface area contributed by atoms with Crippen LogP contribution in [0, 0.1) is 11.3 Å². The number of hydrogen-bond acceptors (Lipinski definition) is 4. The zero-order valence-corrected chi connectivity index (χ0v) is 14.1. The van der Waals surface area contributed by atoms with Gasteiger partial charge >= 0.3 is 12.1 Å². The van der Waals surface area contributed by atoms with E-state index in [1.54, 1.807) is 20.8 Å². The van der Waals surface area contributed by atoms with Gasteiger partial charge in [-0.15, -0.1) is 0 Å². The Morgan fingerprint density at radius 3 is 2.50 bits per heavy atom. The van der Waals surface area contributed by atoms with Crippen molar-refractivity contribution in [2.45, 2.75) is 59.0 Å². The van der Waals surface area contributed by atoms with E-state index in [-0.39, 0.29) is 12.5 Å². The lowest BCUT2D eigenvalue weighted by atomic mass is 9.75. The molecule has 1 aliphatic heterocycles. The van der Waals surface area contributed by atoms with Crippen LogP contribution in [0.4, 0.5) is 4.79 Å². The summed E-state index contributed by atoms with van der Waals surface area (Å²) in [6, 6.07) is 0. The van der Waals surface area contributed by atoms with Crippen molar-refractivity contribution in [3.63, 3.8) is 0 Å². The van der Waals surface area contributed by atoms with E-state index in [2.05, 4.69) is 5.32 Å². The summed E-state index contributed by atoms with van der Waals surface area (Å²) in [6.07, 6.45) is 2.10. The maximum absolute atomic E-state index is 11.9. The van der Waals surface area contributed by atoms with Crippen molar-refractivity contribution in [1.82, 2.24) is 5.32 Å². The molecule has 1 heterocycles. The highest BCUT2D eigenvalue weighted by Crippen LogP contribution is 2.35. The number of nitrogens with one attached hydrogen (secondary N) is 1. The SMILES string of the molecule is CCCC(CNC(=O)OC(C)(C)C)(CC1CCOC1)C(=O)O. The number of alkyl carbamates (subject to hydrolysis) is 1. The van der Waals surface area contributed by atoms with E-state index >= 15 is 0 Å². The molecule has 2 unspecified atom stereocenters. The molecule has 1 saturated heterocycles. The Hall–Kier alpha value is -1.30. The van der Waals surface area contributed by atoms with Crippen LogP contribution in [-0.2, 0) is 14.3 Å². The summed E-state index contributed by atoms with van der Waals surface area (Å²) in [5.74, 6) is -0.625. The first-order chi connectivity index (χ1) is 10.2. The van der Waals surface area contributed by atoms with Crippen LogP contribution < -0.4 is 5.32 Å². The summed E-state index contributed by atoms with van der Waals surface area (Å²) >= 11 is 0. The number of aliphatic carboxylic acids is 1. The third-order valence-electron chi connectivity index (χ3n) is 3.86. The molecule has 1 fully saturated rings. The number of carbonyl (C=O) groups is 2. The second kappa shape index (κ2) is 7.81. The first-order valence-corrected chi connectivity index (χ1v) is 7.96. The fraction of sp³-hybridized carbons (Fsp3) is 0.875. The van der Waals surface area contributed by atoms with Crippen LogP contribution in [0.2, 0.25) is 0 Å². The van der Waals surface area contributed by atoms with Gasteiger partial charge in [-0.1, -0.05) is 13.3 Å². The summed E-state index contributed by atoms with van der Waals surface area (Å²) in [5.41, 5.74) is -1.55. The molecular weight excluding hydrogens is 286 g/mol. The Morgan fingerprint density at radius 1 is 1.36 bits per heavy atom. The highest BCUT2D eigenvalue weighted by molar-refractivity contribution is 5.76. The Bertz CT molecular complexity index is 384. The smallest absolute Gasteiger partial charge is 0.407 e. The lowest BCUT2D eigenvalue weighted by Gasteiger charge is -2.32. The minimum atomic E-state index is -0.954. The van der Waals surface area contributed by atoms with Crippen LogP contribution in [0.3, 0.4) is 0 Å². The van der Waals surface area contributed by atoms with Gasteiger partial charge in [-0.25, -0.2) is 4.79 Å². The second-order valence-corrected chi connectivity index (χ2v) is 7.12. The Kier molecular flexibility index (Phi) is 6.66. The number of rotatable bonds is 7. The number of amides is 1. The molecule has 0 aliphatic carbocycles. The van der Waals surface area contributed by atoms with Crippen molar-refractivity contribution in [3.05, 3.63) is 0 Å². The van der Waals surface area contributed by atoms with Gasteiger partial charge in [0, 0.05) is 19.8 Å². The standard InChI is InChI=1S/C16H29NO5/c1-5-7-16(13(18)19,9-12-6-8-21-10-12)11-17-14(20)22-15(2,3)4/h12H,5-11H2,1-4H3,(H,17,20)(H,18,19). The van der Waals surface area contributed by atoms with Crippen LogP contribution >= 0.6 is 0 Å². The number of carboxylic acid groups (broad SMARTS) is 1. The van der Waals surface area contributed by atoms with Crippen molar-refractivity contribution in [2.24, 2.45) is 11.3 Å². The number of carboxylic acids is 1. The lowest BCUT2D eigenvalue weighted by Crippen LogP contribution is -2.45. The average molecular weight is 315 g/mol. The largest absolute Gasteiger partial charge is 0.481 e. The summed E-state index contributed by atoms with van der Waals surface area (Å²) in [7, 11) is 0. The molecule has 1 aliphatic rings. The highest BCUT2D eigenvalue weighted by Gasteiger charge is 2.41. The predicted octanol–water partition coefficient (Wildman–Crippen LogP) is 2.81. The normalized spacial score (nSPS) is 21.2. The van der Waals surface area contributed by atoms with Gasteiger partial charge in [0.25, 0.3) is 0 Å². The quantitative estimate of drug-likeness (QED) is 0.754. The van der Waals surface area contributed by atoms with Crippen LogP contribution in [0.5, 0.6) is 0 Å². The molecule has 6 nitrogen and oxygen atoms in total. The van der Waals surface area contributed by atoms with E-state index in [0.29, 0.717) is 26.1 Å². The summed E-state index contributed by atoms with van der Waals surface area (Å²) in [6.45, 7) is 8.66. The fourth-order valence-corrected chi connectivity index (χ4v) is 2.86. The third kappa shape index (κ3) is 5.83. The maximum Gasteiger partial charge on any atom is 0.407 e. The van der Waals surface area contributed by atoms with Gasteiger partial charge in [0.05, 0.1) is 5.41 Å². The van der Waals surface area contributed by atoms with Crippen molar-refractivity contribution in [1.29, 1.82) is 0 Å². The van der Waals surface area contributed by atoms with E-state index in [1.807, 2.05) is 6.92 Å². The van der Waals surface area contributed by atoms with Crippen LogP contribution in [0.15, 0.2) is 0 Å². The van der Waals surface area contributed by atoms with Gasteiger partial charge in [-0.3, -0.25) is 4.79 Å². The molecular formula is C16H29NO5. The van der Waals surface area contributed by atoms with Gasteiger partial charge in [0.15, 0.2) is 0 Å². The first kappa shape index (κ1) is 18.7. The van der Waals surface area contributed by atoms with Gasteiger partial charge < -0.3 is 19.9 Å². The molecule has 2 N–H and O–H groups in total. The van der Waals surface area contributed by atoms with Gasteiger partial charge in [0.1, 0.15) is 5.60 Å². The third-order valence-corrected chi connectivity index (χ3v) is 3.86. The highest BCUT2D eigenvalue weighted by atomic mass is 16.6. The van der Waals surface area contributed by atoms with Crippen molar-refractivity contribution >= 4 is 12.1 Å². The van der Waals surface area contributed by atoms with E-state index < -0.39 is 23.1 Å². The van der Waals surface area contributed by atoms with Gasteiger partial charge in [-0.05, 0) is 46.0 Å². The Labute approximate surface area is 132 Å². The van der Waals surface area contributed by atoms with Crippen LogP contribution in [0.25, 0.3) is 0 Å². The number of ether oxygens (including phenoxy) is 2. The molecule has 0 saturated carbocycles. The monoisotopic (exact) mass is 315 g/mol. The molecule has 1 rings (SSSR count). The minimum Gasteiger partial charge on any atom is -0.481 e. The lowest BCUT2D eigenvalue weighted by molar-refractivity contribution is -0.150. The van der Waals surface area contributed by atoms with Crippen molar-refractivity contribution in [2.75, 3.05) is 19.8 Å². The molecule has 0 bridgehead atoms. The topological polar surface area (TPSA) is 84.9 Å². The van der Waals surface area contributed by atoms with E-state index in [4.69, 9.17) is 9.47 Å². The minimum absolute atomic E-state index is 0.0849. The molecule has 0 aromatic rings. The van der Waals surface area contributed by atoms with E-state index in [9.17, 15) is 14.7 Å². The zero-order valence-electron chi connectivity index (χ0n) is 14.1. The number of carbonyl (C=O) groups excluding carboxylic acids is 1. The Morgan fingerprint density at radius 2 is 2.05 bits per heavy atom. The summed E-state index contributed by atoms with van der Waals surface area (Å²) < 4.78 is 10.5. The van der Waals surface area contributed by atoms with E-state index in [1.165, 1.54) is 0 Å². The molecule has 1 amide bonds. The maximum atomic E-state index is 11.9.